The number of carbonyl (C=O) groups is 2. The second-order valence-electron chi connectivity index (χ2n) is 5.73. The lowest BCUT2D eigenvalue weighted by Gasteiger charge is -2.28. The number of amides is 2. The van der Waals surface area contributed by atoms with Gasteiger partial charge in [-0.1, -0.05) is 0 Å². The highest BCUT2D eigenvalue weighted by atomic mass is 16.5. The number of nitrogens with one attached hydrogen (secondary N) is 1. The maximum Gasteiger partial charge on any atom is 0.317 e. The van der Waals surface area contributed by atoms with Crippen LogP contribution in [0.2, 0.25) is 0 Å². The number of hydrogen-bond donors (Lipinski definition) is 2. The van der Waals surface area contributed by atoms with Crippen LogP contribution in [0.25, 0.3) is 0 Å². The number of urea groups is 1. The Balaban J connectivity index is 1.85. The summed E-state index contributed by atoms with van der Waals surface area (Å²) in [5.41, 5.74) is -0.273. The molecule has 2 N–H and O–H groups in total. The molecule has 2 aliphatic rings. The molecule has 0 bridgehead atoms. The number of likely N-dealkylation sites (tertiary alicyclic amines) is 1. The Morgan fingerprint density at radius 2 is 2.26 bits per heavy atom. The van der Waals surface area contributed by atoms with Gasteiger partial charge in [0.25, 0.3) is 0 Å². The molecule has 2 fully saturated rings. The molecule has 0 radical (unpaired) electrons. The molecule has 0 saturated carbocycles. The van der Waals surface area contributed by atoms with Crippen molar-refractivity contribution in [1.29, 1.82) is 0 Å². The first-order valence-electron chi connectivity index (χ1n) is 6.84. The Kier molecular flexibility index (Phi) is 3.99. The third kappa shape index (κ3) is 3.00. The third-order valence-electron chi connectivity index (χ3n) is 4.25. The van der Waals surface area contributed by atoms with Gasteiger partial charge in [-0.3, -0.25) is 4.79 Å². The Bertz CT molecular complexity index is 366. The van der Waals surface area contributed by atoms with Gasteiger partial charge < -0.3 is 20.1 Å². The number of carbonyl (C=O) groups excluding carboxylic acids is 1. The Morgan fingerprint density at radius 3 is 2.79 bits per heavy atom. The maximum atomic E-state index is 12.1. The molecular weight excluding hydrogens is 248 g/mol. The van der Waals surface area contributed by atoms with Gasteiger partial charge >= 0.3 is 12.0 Å². The van der Waals surface area contributed by atoms with Crippen LogP contribution in [0.3, 0.4) is 0 Å². The number of hydrogen-bond acceptors (Lipinski definition) is 3. The predicted molar refractivity (Wildman–Crippen MR) is 68.9 cm³/mol. The first-order valence-corrected chi connectivity index (χ1v) is 6.84. The van der Waals surface area contributed by atoms with E-state index in [0.29, 0.717) is 19.5 Å². The Morgan fingerprint density at radius 1 is 1.53 bits per heavy atom. The minimum Gasteiger partial charge on any atom is -0.481 e. The van der Waals surface area contributed by atoms with Crippen LogP contribution in [-0.4, -0.2) is 53.3 Å². The molecule has 108 valence electrons. The third-order valence-corrected chi connectivity index (χ3v) is 4.25. The highest BCUT2D eigenvalue weighted by Gasteiger charge is 2.39. The van der Waals surface area contributed by atoms with E-state index in [1.807, 2.05) is 6.92 Å². The van der Waals surface area contributed by atoms with Crippen LogP contribution >= 0.6 is 0 Å². The van der Waals surface area contributed by atoms with Crippen LogP contribution in [-0.2, 0) is 9.53 Å². The lowest BCUT2D eigenvalue weighted by molar-refractivity contribution is -0.142. The highest BCUT2D eigenvalue weighted by Crippen LogP contribution is 2.26. The molecule has 2 aliphatic heterocycles. The zero-order valence-electron chi connectivity index (χ0n) is 11.5. The van der Waals surface area contributed by atoms with E-state index in [2.05, 4.69) is 5.32 Å². The summed E-state index contributed by atoms with van der Waals surface area (Å²) in [7, 11) is 0. The molecule has 3 unspecified atom stereocenters. The summed E-state index contributed by atoms with van der Waals surface area (Å²) in [4.78, 5) is 24.7. The van der Waals surface area contributed by atoms with Gasteiger partial charge in [-0.2, -0.15) is 0 Å². The largest absolute Gasteiger partial charge is 0.481 e. The van der Waals surface area contributed by atoms with Crippen LogP contribution in [0.4, 0.5) is 4.79 Å². The molecular formula is C13H22N2O4. The molecule has 2 rings (SSSR count). The van der Waals surface area contributed by atoms with Crippen molar-refractivity contribution in [3.63, 3.8) is 0 Å². The molecule has 2 saturated heterocycles. The number of ether oxygens (including phenoxy) is 1. The van der Waals surface area contributed by atoms with Crippen LogP contribution in [0.15, 0.2) is 0 Å². The monoisotopic (exact) mass is 270 g/mol. The average Bonchev–Trinajstić information content (AvgIpc) is 2.93. The SMILES string of the molecule is CC1C(C(=O)O)CCN1C(=O)NCC1(C)CCCO1. The van der Waals surface area contributed by atoms with Crippen molar-refractivity contribution in [3.8, 4) is 0 Å². The summed E-state index contributed by atoms with van der Waals surface area (Å²) < 4.78 is 5.61. The van der Waals surface area contributed by atoms with Crippen molar-refractivity contribution in [2.24, 2.45) is 5.92 Å². The van der Waals surface area contributed by atoms with E-state index >= 15 is 0 Å². The van der Waals surface area contributed by atoms with Crippen molar-refractivity contribution in [3.05, 3.63) is 0 Å². The number of aliphatic carboxylic acids is 1. The number of carboxylic acid groups (broad SMARTS) is 1. The number of carboxylic acids is 1. The Hall–Kier alpha value is -1.30. The maximum absolute atomic E-state index is 12.1. The molecule has 2 amide bonds. The van der Waals surface area contributed by atoms with Crippen molar-refractivity contribution in [2.75, 3.05) is 19.7 Å². The van der Waals surface area contributed by atoms with E-state index < -0.39 is 11.9 Å². The van der Waals surface area contributed by atoms with Gasteiger partial charge in [-0.15, -0.1) is 0 Å². The molecule has 0 aromatic carbocycles. The standard InChI is InChI=1S/C13H22N2O4/c1-9-10(11(16)17)4-6-15(9)12(18)14-8-13(2)5-3-7-19-13/h9-10H,3-8H2,1-2H3,(H,14,18)(H,16,17). The topological polar surface area (TPSA) is 78.9 Å². The molecule has 0 aromatic rings. The lowest BCUT2D eigenvalue weighted by Crippen LogP contribution is -2.48. The van der Waals surface area contributed by atoms with Gasteiger partial charge in [-0.05, 0) is 33.1 Å². The van der Waals surface area contributed by atoms with E-state index in [4.69, 9.17) is 9.84 Å². The van der Waals surface area contributed by atoms with Crippen molar-refractivity contribution >= 4 is 12.0 Å². The zero-order chi connectivity index (χ0) is 14.0. The van der Waals surface area contributed by atoms with Gasteiger partial charge in [0, 0.05) is 25.7 Å². The van der Waals surface area contributed by atoms with E-state index in [1.165, 1.54) is 0 Å². The molecule has 0 aromatic heterocycles. The van der Waals surface area contributed by atoms with E-state index in [-0.39, 0.29) is 17.7 Å². The zero-order valence-corrected chi connectivity index (χ0v) is 11.5. The van der Waals surface area contributed by atoms with Crippen molar-refractivity contribution in [2.45, 2.75) is 44.8 Å². The molecule has 6 nitrogen and oxygen atoms in total. The fourth-order valence-electron chi connectivity index (χ4n) is 2.90. The quantitative estimate of drug-likeness (QED) is 0.803. The number of rotatable bonds is 3. The summed E-state index contributed by atoms with van der Waals surface area (Å²) in [6, 6.07) is -0.442. The molecule has 3 atom stereocenters. The van der Waals surface area contributed by atoms with Crippen molar-refractivity contribution < 1.29 is 19.4 Å². The first kappa shape index (κ1) is 14.1. The molecule has 6 heteroatoms. The molecule has 0 aliphatic carbocycles. The molecule has 19 heavy (non-hydrogen) atoms. The second kappa shape index (κ2) is 5.36. The molecule has 0 spiro atoms. The van der Waals surface area contributed by atoms with E-state index in [1.54, 1.807) is 11.8 Å². The summed E-state index contributed by atoms with van der Waals surface area (Å²) in [5.74, 6) is -1.28. The molecule has 2 heterocycles. The predicted octanol–water partition coefficient (Wildman–Crippen LogP) is 1.06. The van der Waals surface area contributed by atoms with Gasteiger partial charge in [0.1, 0.15) is 0 Å². The van der Waals surface area contributed by atoms with Crippen molar-refractivity contribution in [1.82, 2.24) is 10.2 Å². The summed E-state index contributed by atoms with van der Waals surface area (Å²) in [6.45, 7) is 5.51. The Labute approximate surface area is 113 Å². The second-order valence-corrected chi connectivity index (χ2v) is 5.73. The number of nitrogens with zero attached hydrogens (tertiary/aromatic N) is 1. The smallest absolute Gasteiger partial charge is 0.317 e. The first-order chi connectivity index (χ1) is 8.93. The van der Waals surface area contributed by atoms with Crippen LogP contribution < -0.4 is 5.32 Å². The summed E-state index contributed by atoms with van der Waals surface area (Å²) in [5, 5.41) is 11.9. The highest BCUT2D eigenvalue weighted by molar-refractivity contribution is 5.78. The fraction of sp³-hybridized carbons (Fsp3) is 0.846. The summed E-state index contributed by atoms with van der Waals surface area (Å²) >= 11 is 0. The average molecular weight is 270 g/mol. The van der Waals surface area contributed by atoms with Gasteiger partial charge in [0.15, 0.2) is 0 Å². The normalized spacial score (nSPS) is 34.5. The minimum absolute atomic E-state index is 0.187. The summed E-state index contributed by atoms with van der Waals surface area (Å²) in [6.07, 6.45) is 2.49. The van der Waals surface area contributed by atoms with Gasteiger partial charge in [0.05, 0.1) is 11.5 Å². The minimum atomic E-state index is -0.825. The van der Waals surface area contributed by atoms with E-state index in [0.717, 1.165) is 19.4 Å². The lowest BCUT2D eigenvalue weighted by atomic mass is 10.0. The van der Waals surface area contributed by atoms with Gasteiger partial charge in [0.2, 0.25) is 0 Å². The van der Waals surface area contributed by atoms with Crippen LogP contribution in [0, 0.1) is 5.92 Å². The van der Waals surface area contributed by atoms with Crippen LogP contribution in [0.5, 0.6) is 0 Å². The van der Waals surface area contributed by atoms with Gasteiger partial charge in [-0.25, -0.2) is 4.79 Å². The van der Waals surface area contributed by atoms with E-state index in [9.17, 15) is 9.59 Å². The van der Waals surface area contributed by atoms with Crippen LogP contribution in [0.1, 0.15) is 33.1 Å². The fourth-order valence-corrected chi connectivity index (χ4v) is 2.90.